The number of carboxylic acid groups (broad SMARTS) is 1. The molecule has 5 N–H and O–H groups in total. The van der Waals surface area contributed by atoms with Gasteiger partial charge in [0.1, 0.15) is 37.6 Å². The van der Waals surface area contributed by atoms with Crippen molar-refractivity contribution >= 4 is 5.97 Å². The largest absolute Gasteiger partial charge is 0.487 e. The fourth-order valence-electron chi connectivity index (χ4n) is 2.89. The van der Waals surface area contributed by atoms with Crippen molar-refractivity contribution in [2.24, 2.45) is 0 Å². The van der Waals surface area contributed by atoms with Gasteiger partial charge in [-0.05, 0) is 12.1 Å². The van der Waals surface area contributed by atoms with Gasteiger partial charge >= 0.3 is 5.97 Å². The Morgan fingerprint density at radius 2 is 1.81 bits per heavy atom. The molecule has 0 aromatic heterocycles. The summed E-state index contributed by atoms with van der Waals surface area (Å²) in [5.41, 5.74) is 0. The Hall–Kier alpha value is -2.21. The van der Waals surface area contributed by atoms with Crippen molar-refractivity contribution in [1.29, 1.82) is 0 Å². The SMILES string of the molecule is C=CCOc1ccccc1OCC(CNC(C)C)O[C@@H]1O[C@H](C(=O)O)[C@@H](O)[C@H](O)[C@H]1O. The Bertz CT molecular complexity index is 714. The van der Waals surface area contributed by atoms with E-state index in [-0.39, 0.29) is 19.2 Å². The molecular formula is C21H31NO9. The number of hydrogen-bond acceptors (Lipinski definition) is 9. The van der Waals surface area contributed by atoms with Crippen molar-refractivity contribution in [1.82, 2.24) is 5.32 Å². The van der Waals surface area contributed by atoms with Gasteiger partial charge < -0.3 is 44.7 Å². The van der Waals surface area contributed by atoms with Crippen molar-refractivity contribution in [3.05, 3.63) is 36.9 Å². The molecule has 1 aromatic rings. The first kappa shape index (κ1) is 25.1. The van der Waals surface area contributed by atoms with E-state index >= 15 is 0 Å². The molecule has 1 fully saturated rings. The average molecular weight is 441 g/mol. The van der Waals surface area contributed by atoms with Gasteiger partial charge in [-0.2, -0.15) is 0 Å². The zero-order valence-corrected chi connectivity index (χ0v) is 17.6. The summed E-state index contributed by atoms with van der Waals surface area (Å²) >= 11 is 0. The van der Waals surface area contributed by atoms with E-state index in [4.69, 9.17) is 18.9 Å². The number of hydrogen-bond donors (Lipinski definition) is 5. The Balaban J connectivity index is 2.10. The molecule has 0 saturated carbocycles. The quantitative estimate of drug-likeness (QED) is 0.279. The maximum Gasteiger partial charge on any atom is 0.335 e. The number of aliphatic hydroxyl groups excluding tert-OH is 3. The molecule has 1 saturated heterocycles. The minimum atomic E-state index is -1.79. The van der Waals surface area contributed by atoms with Crippen molar-refractivity contribution in [2.45, 2.75) is 56.7 Å². The molecule has 1 unspecified atom stereocenters. The van der Waals surface area contributed by atoms with Gasteiger partial charge in [-0.15, -0.1) is 0 Å². The molecule has 1 aromatic carbocycles. The molecule has 10 heteroatoms. The Morgan fingerprint density at radius 3 is 2.39 bits per heavy atom. The second kappa shape index (κ2) is 12.0. The van der Waals surface area contributed by atoms with E-state index in [1.165, 1.54) is 0 Å². The van der Waals surface area contributed by atoms with E-state index in [1.807, 2.05) is 13.8 Å². The summed E-state index contributed by atoms with van der Waals surface area (Å²) in [6.07, 6.45) is -7.47. The number of aliphatic hydroxyl groups is 3. The fraction of sp³-hybridized carbons (Fsp3) is 0.571. The highest BCUT2D eigenvalue weighted by atomic mass is 16.7. The lowest BCUT2D eigenvalue weighted by molar-refractivity contribution is -0.305. The summed E-state index contributed by atoms with van der Waals surface area (Å²) in [5, 5.41) is 42.4. The van der Waals surface area contributed by atoms with E-state index < -0.39 is 42.8 Å². The summed E-state index contributed by atoms with van der Waals surface area (Å²) in [6.45, 7) is 8.08. The van der Waals surface area contributed by atoms with Crippen LogP contribution in [0.2, 0.25) is 0 Å². The summed E-state index contributed by atoms with van der Waals surface area (Å²) < 4.78 is 22.4. The number of carboxylic acids is 1. The van der Waals surface area contributed by atoms with Crippen molar-refractivity contribution in [3.8, 4) is 11.5 Å². The molecule has 0 aliphatic carbocycles. The van der Waals surface area contributed by atoms with Crippen molar-refractivity contribution < 1.29 is 44.2 Å². The lowest BCUT2D eigenvalue weighted by Gasteiger charge is -2.39. The van der Waals surface area contributed by atoms with Crippen LogP contribution in [0.1, 0.15) is 13.8 Å². The van der Waals surface area contributed by atoms with Crippen LogP contribution in [0.25, 0.3) is 0 Å². The standard InChI is InChI=1S/C21H31NO9/c1-4-9-28-14-7-5-6-8-15(14)29-11-13(10-22-12(2)3)30-21-18(25)16(23)17(24)19(31-21)20(26)27/h4-8,12-13,16-19,21-25H,1,9-11H2,2-3H3,(H,26,27)/t13?,16-,17-,18+,19-,21+/m0/s1. The number of para-hydroxylation sites is 2. The predicted octanol–water partition coefficient (Wildman–Crippen LogP) is -0.0944. The highest BCUT2D eigenvalue weighted by Gasteiger charge is 2.48. The number of aliphatic carboxylic acids is 1. The average Bonchev–Trinajstić information content (AvgIpc) is 2.74. The van der Waals surface area contributed by atoms with Crippen LogP contribution in [0.4, 0.5) is 0 Å². The molecule has 31 heavy (non-hydrogen) atoms. The van der Waals surface area contributed by atoms with Crippen LogP contribution < -0.4 is 14.8 Å². The second-order valence-corrected chi connectivity index (χ2v) is 7.41. The van der Waals surface area contributed by atoms with Gasteiger partial charge in [0.05, 0.1) is 0 Å². The molecule has 1 aliphatic heterocycles. The lowest BCUT2D eigenvalue weighted by atomic mass is 9.99. The third kappa shape index (κ3) is 7.17. The first-order chi connectivity index (χ1) is 14.7. The number of carbonyl (C=O) groups is 1. The number of rotatable bonds is 12. The van der Waals surface area contributed by atoms with E-state index in [9.17, 15) is 25.2 Å². The third-order valence-electron chi connectivity index (χ3n) is 4.52. The maximum atomic E-state index is 11.3. The highest BCUT2D eigenvalue weighted by molar-refractivity contribution is 5.73. The molecule has 0 amide bonds. The Labute approximate surface area is 181 Å². The topological polar surface area (TPSA) is 147 Å². The van der Waals surface area contributed by atoms with Crippen LogP contribution in [0.15, 0.2) is 36.9 Å². The zero-order valence-electron chi connectivity index (χ0n) is 17.6. The molecule has 1 heterocycles. The summed E-state index contributed by atoms with van der Waals surface area (Å²) in [5.74, 6) is -0.503. The van der Waals surface area contributed by atoms with E-state index in [0.717, 1.165) is 0 Å². The molecule has 0 bridgehead atoms. The van der Waals surface area contributed by atoms with Gasteiger partial charge in [0.25, 0.3) is 0 Å². The normalized spacial score (nSPS) is 27.0. The van der Waals surface area contributed by atoms with Crippen molar-refractivity contribution in [2.75, 3.05) is 19.8 Å². The van der Waals surface area contributed by atoms with Crippen LogP contribution in [-0.2, 0) is 14.3 Å². The Kier molecular flexibility index (Phi) is 9.69. The minimum Gasteiger partial charge on any atom is -0.487 e. The van der Waals surface area contributed by atoms with Crippen LogP contribution >= 0.6 is 0 Å². The monoisotopic (exact) mass is 441 g/mol. The van der Waals surface area contributed by atoms with Gasteiger partial charge in [0.15, 0.2) is 23.9 Å². The number of benzene rings is 1. The van der Waals surface area contributed by atoms with E-state index in [0.29, 0.717) is 18.1 Å². The predicted molar refractivity (Wildman–Crippen MR) is 110 cm³/mol. The second-order valence-electron chi connectivity index (χ2n) is 7.41. The third-order valence-corrected chi connectivity index (χ3v) is 4.52. The highest BCUT2D eigenvalue weighted by Crippen LogP contribution is 2.27. The fourth-order valence-corrected chi connectivity index (χ4v) is 2.89. The maximum absolute atomic E-state index is 11.3. The summed E-state index contributed by atoms with van der Waals surface area (Å²) in [6, 6.07) is 7.15. The van der Waals surface area contributed by atoms with E-state index in [2.05, 4.69) is 11.9 Å². The molecule has 0 spiro atoms. The molecule has 174 valence electrons. The first-order valence-electron chi connectivity index (χ1n) is 10.0. The van der Waals surface area contributed by atoms with E-state index in [1.54, 1.807) is 30.3 Å². The van der Waals surface area contributed by atoms with Crippen LogP contribution in [0.5, 0.6) is 11.5 Å². The van der Waals surface area contributed by atoms with Gasteiger partial charge in [-0.1, -0.05) is 38.6 Å². The smallest absolute Gasteiger partial charge is 0.335 e. The van der Waals surface area contributed by atoms with Gasteiger partial charge in [0, 0.05) is 12.6 Å². The molecule has 2 rings (SSSR count). The summed E-state index contributed by atoms with van der Waals surface area (Å²) in [4.78, 5) is 11.3. The molecule has 6 atom stereocenters. The van der Waals surface area contributed by atoms with Crippen LogP contribution in [-0.4, -0.2) is 89.0 Å². The van der Waals surface area contributed by atoms with Crippen LogP contribution in [0, 0.1) is 0 Å². The van der Waals surface area contributed by atoms with Crippen molar-refractivity contribution in [3.63, 3.8) is 0 Å². The van der Waals surface area contributed by atoms with Gasteiger partial charge in [-0.25, -0.2) is 4.79 Å². The molecular weight excluding hydrogens is 410 g/mol. The Morgan fingerprint density at radius 1 is 1.16 bits per heavy atom. The molecule has 1 aliphatic rings. The lowest BCUT2D eigenvalue weighted by Crippen LogP contribution is -2.61. The summed E-state index contributed by atoms with van der Waals surface area (Å²) in [7, 11) is 0. The molecule has 0 radical (unpaired) electrons. The number of nitrogens with one attached hydrogen (secondary N) is 1. The number of ether oxygens (including phenoxy) is 4. The first-order valence-corrected chi connectivity index (χ1v) is 10.0. The van der Waals surface area contributed by atoms with Gasteiger partial charge in [0.2, 0.25) is 0 Å². The zero-order chi connectivity index (χ0) is 23.0. The van der Waals surface area contributed by atoms with Gasteiger partial charge in [-0.3, -0.25) is 0 Å². The van der Waals surface area contributed by atoms with Crippen LogP contribution in [0.3, 0.4) is 0 Å². The minimum absolute atomic E-state index is 0.0111. The molecule has 10 nitrogen and oxygen atoms in total.